The molecule has 0 saturated heterocycles. The zero-order chi connectivity index (χ0) is 12.3. The third-order valence-corrected chi connectivity index (χ3v) is 2.16. The molecule has 1 atom stereocenters. The van der Waals surface area contributed by atoms with Gasteiger partial charge in [0.25, 0.3) is 0 Å². The van der Waals surface area contributed by atoms with E-state index in [9.17, 15) is 14.0 Å². The first kappa shape index (κ1) is 12.4. The Kier molecular flexibility index (Phi) is 3.84. The van der Waals surface area contributed by atoms with Crippen molar-refractivity contribution in [1.29, 1.82) is 0 Å². The Morgan fingerprint density at radius 2 is 2.12 bits per heavy atom. The first-order chi connectivity index (χ1) is 7.41. The van der Waals surface area contributed by atoms with Crippen LogP contribution in [0.3, 0.4) is 0 Å². The van der Waals surface area contributed by atoms with E-state index in [0.29, 0.717) is 0 Å². The number of hydrogen-bond donors (Lipinski definition) is 2. The predicted molar refractivity (Wildman–Crippen MR) is 55.6 cm³/mol. The molecule has 0 aliphatic heterocycles. The van der Waals surface area contributed by atoms with Crippen molar-refractivity contribution in [2.24, 2.45) is 0 Å². The first-order valence-corrected chi connectivity index (χ1v) is 4.74. The van der Waals surface area contributed by atoms with Crippen LogP contribution in [-0.4, -0.2) is 17.0 Å². The van der Waals surface area contributed by atoms with Gasteiger partial charge in [0.15, 0.2) is 6.04 Å². The number of carboxylic acids is 1. The summed E-state index contributed by atoms with van der Waals surface area (Å²) in [6.07, 6.45) is 0. The van der Waals surface area contributed by atoms with E-state index < -0.39 is 23.7 Å². The fourth-order valence-electron chi connectivity index (χ4n) is 1.18. The molecule has 0 aliphatic rings. The number of hydrogen-bond acceptors (Lipinski definition) is 2. The fraction of sp³-hybridized carbons (Fsp3) is 0.200. The summed E-state index contributed by atoms with van der Waals surface area (Å²) in [7, 11) is 0. The van der Waals surface area contributed by atoms with E-state index in [1.165, 1.54) is 19.1 Å². The highest BCUT2D eigenvalue weighted by Crippen LogP contribution is 2.21. The van der Waals surface area contributed by atoms with Crippen LogP contribution in [0.5, 0.6) is 0 Å². The molecule has 1 rings (SSSR count). The zero-order valence-electron chi connectivity index (χ0n) is 8.33. The van der Waals surface area contributed by atoms with Crippen molar-refractivity contribution in [1.82, 2.24) is 5.32 Å². The summed E-state index contributed by atoms with van der Waals surface area (Å²) in [5.74, 6) is -2.37. The minimum Gasteiger partial charge on any atom is -0.479 e. The number of amides is 1. The number of benzene rings is 1. The van der Waals surface area contributed by atoms with Gasteiger partial charge in [-0.05, 0) is 17.7 Å². The lowest BCUT2D eigenvalue weighted by atomic mass is 10.1. The standard InChI is InChI=1S/C10H9ClFNO3/c1-5(14)13-9(10(15)16)6-2-3-8(12)7(11)4-6/h2-4,9H,1H3,(H,13,14)(H,15,16). The highest BCUT2D eigenvalue weighted by molar-refractivity contribution is 6.30. The molecule has 86 valence electrons. The van der Waals surface area contributed by atoms with Gasteiger partial charge in [0.2, 0.25) is 5.91 Å². The van der Waals surface area contributed by atoms with Crippen molar-refractivity contribution in [2.45, 2.75) is 13.0 Å². The summed E-state index contributed by atoms with van der Waals surface area (Å²) in [6, 6.07) is 2.26. The van der Waals surface area contributed by atoms with Crippen LogP contribution < -0.4 is 5.32 Å². The van der Waals surface area contributed by atoms with Gasteiger partial charge in [-0.2, -0.15) is 0 Å². The average molecular weight is 246 g/mol. The topological polar surface area (TPSA) is 66.4 Å². The van der Waals surface area contributed by atoms with Crippen LogP contribution in [0.1, 0.15) is 18.5 Å². The van der Waals surface area contributed by atoms with Crippen LogP contribution in [-0.2, 0) is 9.59 Å². The maximum absolute atomic E-state index is 12.9. The maximum Gasteiger partial charge on any atom is 0.330 e. The van der Waals surface area contributed by atoms with Crippen LogP contribution in [0.2, 0.25) is 5.02 Å². The van der Waals surface area contributed by atoms with Crippen molar-refractivity contribution >= 4 is 23.5 Å². The van der Waals surface area contributed by atoms with Gasteiger partial charge in [0.05, 0.1) is 5.02 Å². The van der Waals surface area contributed by atoms with E-state index in [1.807, 2.05) is 0 Å². The SMILES string of the molecule is CC(=O)NC(C(=O)O)c1ccc(F)c(Cl)c1. The fourth-order valence-corrected chi connectivity index (χ4v) is 1.37. The van der Waals surface area contributed by atoms with E-state index in [1.54, 1.807) is 0 Å². The maximum atomic E-state index is 12.9. The van der Waals surface area contributed by atoms with Crippen LogP contribution in [0.15, 0.2) is 18.2 Å². The highest BCUT2D eigenvalue weighted by atomic mass is 35.5. The minimum atomic E-state index is -1.24. The van der Waals surface area contributed by atoms with E-state index in [2.05, 4.69) is 5.32 Å². The second-order valence-electron chi connectivity index (χ2n) is 3.15. The molecule has 6 heteroatoms. The first-order valence-electron chi connectivity index (χ1n) is 4.36. The van der Waals surface area contributed by atoms with Crippen LogP contribution in [0, 0.1) is 5.82 Å². The Bertz CT molecular complexity index is 436. The molecule has 0 aromatic heterocycles. The van der Waals surface area contributed by atoms with Crippen LogP contribution >= 0.6 is 11.6 Å². The largest absolute Gasteiger partial charge is 0.479 e. The van der Waals surface area contributed by atoms with Gasteiger partial charge >= 0.3 is 5.97 Å². The molecule has 2 N–H and O–H groups in total. The number of rotatable bonds is 3. The van der Waals surface area contributed by atoms with Crippen LogP contribution in [0.25, 0.3) is 0 Å². The predicted octanol–water partition coefficient (Wildman–Crippen LogP) is 1.74. The average Bonchev–Trinajstić information content (AvgIpc) is 2.18. The molecule has 1 aromatic rings. The summed E-state index contributed by atoms with van der Waals surface area (Å²) in [6.45, 7) is 1.20. The Morgan fingerprint density at radius 3 is 2.56 bits per heavy atom. The van der Waals surface area contributed by atoms with Gasteiger partial charge in [-0.25, -0.2) is 9.18 Å². The lowest BCUT2D eigenvalue weighted by molar-refractivity contribution is -0.141. The van der Waals surface area contributed by atoms with Gasteiger partial charge in [-0.1, -0.05) is 17.7 Å². The second-order valence-corrected chi connectivity index (χ2v) is 3.55. The van der Waals surface area contributed by atoms with Crippen molar-refractivity contribution in [3.8, 4) is 0 Å². The quantitative estimate of drug-likeness (QED) is 0.852. The third kappa shape index (κ3) is 2.93. The normalized spacial score (nSPS) is 11.9. The molecule has 1 amide bonds. The molecule has 1 unspecified atom stereocenters. The monoisotopic (exact) mass is 245 g/mol. The van der Waals surface area contributed by atoms with Crippen molar-refractivity contribution in [2.75, 3.05) is 0 Å². The van der Waals surface area contributed by atoms with Gasteiger partial charge in [-0.3, -0.25) is 4.79 Å². The molecule has 0 spiro atoms. The zero-order valence-corrected chi connectivity index (χ0v) is 9.08. The molecule has 0 bridgehead atoms. The Morgan fingerprint density at radius 1 is 1.50 bits per heavy atom. The lowest BCUT2D eigenvalue weighted by Crippen LogP contribution is -2.31. The number of carbonyl (C=O) groups excluding carboxylic acids is 1. The van der Waals surface area contributed by atoms with Crippen molar-refractivity contribution < 1.29 is 19.1 Å². The molecule has 0 aliphatic carbocycles. The van der Waals surface area contributed by atoms with Gasteiger partial charge in [0.1, 0.15) is 5.82 Å². The summed E-state index contributed by atoms with van der Waals surface area (Å²) in [5.41, 5.74) is 0.217. The molecular weight excluding hydrogens is 237 g/mol. The second kappa shape index (κ2) is 4.94. The molecular formula is C10H9ClFNO3. The van der Waals surface area contributed by atoms with Crippen molar-refractivity contribution in [3.63, 3.8) is 0 Å². The molecule has 1 aromatic carbocycles. The molecule has 0 fully saturated rings. The number of halogens is 2. The number of aliphatic carboxylic acids is 1. The van der Waals surface area contributed by atoms with Gasteiger partial charge in [0, 0.05) is 6.92 Å². The summed E-state index contributed by atoms with van der Waals surface area (Å²) in [5, 5.41) is 10.9. The Balaban J connectivity index is 3.06. The van der Waals surface area contributed by atoms with Crippen LogP contribution in [0.4, 0.5) is 4.39 Å². The summed E-state index contributed by atoms with van der Waals surface area (Å²) < 4.78 is 12.9. The molecule has 0 radical (unpaired) electrons. The summed E-state index contributed by atoms with van der Waals surface area (Å²) >= 11 is 5.52. The number of carboxylic acid groups (broad SMARTS) is 1. The van der Waals surface area contributed by atoms with Crippen molar-refractivity contribution in [3.05, 3.63) is 34.6 Å². The number of carbonyl (C=O) groups is 2. The molecule has 16 heavy (non-hydrogen) atoms. The van der Waals surface area contributed by atoms with E-state index in [0.717, 1.165) is 6.07 Å². The van der Waals surface area contributed by atoms with Gasteiger partial charge < -0.3 is 10.4 Å². The number of nitrogens with one attached hydrogen (secondary N) is 1. The van der Waals surface area contributed by atoms with Gasteiger partial charge in [-0.15, -0.1) is 0 Å². The molecule has 0 heterocycles. The lowest BCUT2D eigenvalue weighted by Gasteiger charge is -2.13. The Hall–Kier alpha value is -1.62. The molecule has 4 nitrogen and oxygen atoms in total. The smallest absolute Gasteiger partial charge is 0.330 e. The van der Waals surface area contributed by atoms with E-state index in [-0.39, 0.29) is 10.6 Å². The minimum absolute atomic E-state index is 0.186. The Labute approximate surface area is 96.0 Å². The third-order valence-electron chi connectivity index (χ3n) is 1.87. The van der Waals surface area contributed by atoms with E-state index in [4.69, 9.17) is 16.7 Å². The van der Waals surface area contributed by atoms with E-state index >= 15 is 0 Å². The summed E-state index contributed by atoms with van der Waals surface area (Å²) in [4.78, 5) is 21.7. The highest BCUT2D eigenvalue weighted by Gasteiger charge is 2.21. The molecule has 0 saturated carbocycles.